The maximum atomic E-state index is 12.1. The molecule has 2 saturated heterocycles. The summed E-state index contributed by atoms with van der Waals surface area (Å²) >= 11 is 0. The molecule has 0 aromatic heterocycles. The lowest BCUT2D eigenvalue weighted by Gasteiger charge is -2.33. The first-order chi connectivity index (χ1) is 9.27. The SMILES string of the molecule is Cl.O=C(Oc1ccccc1)N1CCC2(CCCNC2)C1. The van der Waals surface area contributed by atoms with Crippen LogP contribution in [0.5, 0.6) is 5.75 Å². The molecule has 2 fully saturated rings. The van der Waals surface area contributed by atoms with Crippen molar-refractivity contribution in [2.75, 3.05) is 26.2 Å². The van der Waals surface area contributed by atoms with Crippen LogP contribution in [0.1, 0.15) is 19.3 Å². The highest BCUT2D eigenvalue weighted by atomic mass is 35.5. The highest BCUT2D eigenvalue weighted by Gasteiger charge is 2.41. The molecule has 2 aliphatic heterocycles. The number of ether oxygens (including phenoxy) is 1. The molecule has 1 amide bonds. The van der Waals surface area contributed by atoms with Crippen LogP contribution >= 0.6 is 12.4 Å². The van der Waals surface area contributed by atoms with E-state index in [-0.39, 0.29) is 23.9 Å². The van der Waals surface area contributed by atoms with Crippen LogP contribution < -0.4 is 10.1 Å². The molecule has 3 rings (SSSR count). The molecule has 1 unspecified atom stereocenters. The molecule has 0 radical (unpaired) electrons. The van der Waals surface area contributed by atoms with E-state index in [1.807, 2.05) is 35.2 Å². The second-order valence-electron chi connectivity index (χ2n) is 5.63. The van der Waals surface area contributed by atoms with Gasteiger partial charge < -0.3 is 15.0 Å². The van der Waals surface area contributed by atoms with Gasteiger partial charge in [0.15, 0.2) is 0 Å². The fourth-order valence-electron chi connectivity index (χ4n) is 3.12. The second kappa shape index (κ2) is 6.46. The summed E-state index contributed by atoms with van der Waals surface area (Å²) in [5.74, 6) is 0.621. The topological polar surface area (TPSA) is 41.6 Å². The van der Waals surface area contributed by atoms with Crippen molar-refractivity contribution in [2.45, 2.75) is 19.3 Å². The standard InChI is InChI=1S/C15H20N2O2.ClH/c18-14(19-13-5-2-1-3-6-13)17-10-8-15(12-17)7-4-9-16-11-15;/h1-3,5-6,16H,4,7-12H2;1H. The third-order valence-corrected chi connectivity index (χ3v) is 4.21. The fraction of sp³-hybridized carbons (Fsp3) is 0.533. The quantitative estimate of drug-likeness (QED) is 0.866. The monoisotopic (exact) mass is 296 g/mol. The minimum Gasteiger partial charge on any atom is -0.410 e. The van der Waals surface area contributed by atoms with Gasteiger partial charge in [0.2, 0.25) is 0 Å². The zero-order valence-electron chi connectivity index (χ0n) is 11.5. The van der Waals surface area contributed by atoms with E-state index >= 15 is 0 Å². The summed E-state index contributed by atoms with van der Waals surface area (Å²) in [5, 5.41) is 3.45. The molecule has 2 heterocycles. The summed E-state index contributed by atoms with van der Waals surface area (Å²) < 4.78 is 5.40. The van der Waals surface area contributed by atoms with Gasteiger partial charge >= 0.3 is 6.09 Å². The van der Waals surface area contributed by atoms with Crippen LogP contribution in [0.15, 0.2) is 30.3 Å². The molecular weight excluding hydrogens is 276 g/mol. The first-order valence-corrected chi connectivity index (χ1v) is 7.00. The van der Waals surface area contributed by atoms with E-state index in [0.717, 1.165) is 32.6 Å². The van der Waals surface area contributed by atoms with Gasteiger partial charge in [0, 0.05) is 25.0 Å². The number of likely N-dealkylation sites (tertiary alicyclic amines) is 1. The predicted molar refractivity (Wildman–Crippen MR) is 80.4 cm³/mol. The molecular formula is C15H21ClN2O2. The van der Waals surface area contributed by atoms with Crippen molar-refractivity contribution in [1.29, 1.82) is 0 Å². The van der Waals surface area contributed by atoms with Crippen LogP contribution in [0, 0.1) is 5.41 Å². The molecule has 5 heteroatoms. The molecule has 1 atom stereocenters. The van der Waals surface area contributed by atoms with Crippen molar-refractivity contribution in [3.05, 3.63) is 30.3 Å². The number of nitrogens with one attached hydrogen (secondary N) is 1. The van der Waals surface area contributed by atoms with Crippen molar-refractivity contribution in [3.8, 4) is 5.75 Å². The molecule has 0 aliphatic carbocycles. The Hall–Kier alpha value is -1.26. The summed E-state index contributed by atoms with van der Waals surface area (Å²) in [6.07, 6.45) is 3.30. The molecule has 110 valence electrons. The number of piperidine rings is 1. The Morgan fingerprint density at radius 1 is 1.25 bits per heavy atom. The number of hydrogen-bond donors (Lipinski definition) is 1. The minimum absolute atomic E-state index is 0. The number of carbonyl (C=O) groups is 1. The van der Waals surface area contributed by atoms with Crippen molar-refractivity contribution in [3.63, 3.8) is 0 Å². The number of carbonyl (C=O) groups excluding carboxylic acids is 1. The smallest absolute Gasteiger partial charge is 0.410 e. The molecule has 1 N–H and O–H groups in total. The van der Waals surface area contributed by atoms with Crippen molar-refractivity contribution in [1.82, 2.24) is 10.2 Å². The van der Waals surface area contributed by atoms with Gasteiger partial charge in [0.1, 0.15) is 5.75 Å². The Bertz CT molecular complexity index is 446. The zero-order valence-corrected chi connectivity index (χ0v) is 12.3. The molecule has 1 spiro atoms. The highest BCUT2D eigenvalue weighted by molar-refractivity contribution is 5.85. The number of halogens is 1. The summed E-state index contributed by atoms with van der Waals surface area (Å²) in [6.45, 7) is 3.78. The van der Waals surface area contributed by atoms with E-state index < -0.39 is 0 Å². The Balaban J connectivity index is 0.00000147. The highest BCUT2D eigenvalue weighted by Crippen LogP contribution is 2.36. The molecule has 20 heavy (non-hydrogen) atoms. The lowest BCUT2D eigenvalue weighted by Crippen LogP contribution is -2.43. The van der Waals surface area contributed by atoms with Crippen LogP contribution in [0.3, 0.4) is 0 Å². The maximum absolute atomic E-state index is 12.1. The molecule has 1 aromatic rings. The van der Waals surface area contributed by atoms with Gasteiger partial charge in [-0.1, -0.05) is 18.2 Å². The van der Waals surface area contributed by atoms with E-state index in [1.165, 1.54) is 12.8 Å². The Kier molecular flexibility index (Phi) is 4.89. The Morgan fingerprint density at radius 3 is 2.75 bits per heavy atom. The normalized spacial score (nSPS) is 25.3. The van der Waals surface area contributed by atoms with Crippen LogP contribution in [-0.2, 0) is 0 Å². The average molecular weight is 297 g/mol. The number of amides is 1. The molecule has 0 bridgehead atoms. The fourth-order valence-corrected chi connectivity index (χ4v) is 3.12. The number of para-hydroxylation sites is 1. The Labute approximate surface area is 125 Å². The summed E-state index contributed by atoms with van der Waals surface area (Å²) in [4.78, 5) is 14.0. The van der Waals surface area contributed by atoms with E-state index in [0.29, 0.717) is 5.75 Å². The average Bonchev–Trinajstić information content (AvgIpc) is 2.85. The molecule has 4 nitrogen and oxygen atoms in total. The third-order valence-electron chi connectivity index (χ3n) is 4.21. The van der Waals surface area contributed by atoms with Crippen LogP contribution in [-0.4, -0.2) is 37.2 Å². The Morgan fingerprint density at radius 2 is 2.05 bits per heavy atom. The van der Waals surface area contributed by atoms with Gasteiger partial charge in [-0.15, -0.1) is 12.4 Å². The summed E-state index contributed by atoms with van der Waals surface area (Å²) in [5.41, 5.74) is 0.286. The summed E-state index contributed by atoms with van der Waals surface area (Å²) in [7, 11) is 0. The largest absolute Gasteiger partial charge is 0.415 e. The minimum atomic E-state index is -0.214. The van der Waals surface area contributed by atoms with E-state index in [9.17, 15) is 4.79 Å². The van der Waals surface area contributed by atoms with E-state index in [4.69, 9.17) is 4.74 Å². The van der Waals surface area contributed by atoms with E-state index in [1.54, 1.807) is 0 Å². The lowest BCUT2D eigenvalue weighted by atomic mass is 9.80. The maximum Gasteiger partial charge on any atom is 0.415 e. The van der Waals surface area contributed by atoms with Gasteiger partial charge in [-0.2, -0.15) is 0 Å². The van der Waals surface area contributed by atoms with Crippen LogP contribution in [0.2, 0.25) is 0 Å². The van der Waals surface area contributed by atoms with Gasteiger partial charge in [-0.3, -0.25) is 0 Å². The molecule has 1 aromatic carbocycles. The number of benzene rings is 1. The van der Waals surface area contributed by atoms with Crippen molar-refractivity contribution < 1.29 is 9.53 Å². The van der Waals surface area contributed by atoms with Gasteiger partial charge in [-0.05, 0) is 37.9 Å². The number of rotatable bonds is 1. The van der Waals surface area contributed by atoms with Gasteiger partial charge in [0.25, 0.3) is 0 Å². The van der Waals surface area contributed by atoms with Crippen molar-refractivity contribution in [2.24, 2.45) is 5.41 Å². The predicted octanol–water partition coefficient (Wildman–Crippen LogP) is 2.68. The van der Waals surface area contributed by atoms with E-state index in [2.05, 4.69) is 5.32 Å². The first-order valence-electron chi connectivity index (χ1n) is 7.00. The number of hydrogen-bond acceptors (Lipinski definition) is 3. The van der Waals surface area contributed by atoms with Crippen LogP contribution in [0.4, 0.5) is 4.79 Å². The lowest BCUT2D eigenvalue weighted by molar-refractivity contribution is 0.149. The zero-order chi connectivity index (χ0) is 13.1. The number of nitrogens with zero attached hydrogens (tertiary/aromatic N) is 1. The molecule has 0 saturated carbocycles. The third kappa shape index (κ3) is 3.25. The van der Waals surface area contributed by atoms with Crippen molar-refractivity contribution >= 4 is 18.5 Å². The summed E-state index contributed by atoms with van der Waals surface area (Å²) in [6, 6.07) is 9.28. The molecule has 2 aliphatic rings. The van der Waals surface area contributed by atoms with Gasteiger partial charge in [-0.25, -0.2) is 4.79 Å². The first kappa shape index (κ1) is 15.1. The van der Waals surface area contributed by atoms with Crippen LogP contribution in [0.25, 0.3) is 0 Å². The van der Waals surface area contributed by atoms with Gasteiger partial charge in [0.05, 0.1) is 0 Å². The second-order valence-corrected chi connectivity index (χ2v) is 5.63.